The third kappa shape index (κ3) is 8.91. The molecule has 44 heavy (non-hydrogen) atoms. The summed E-state index contributed by atoms with van der Waals surface area (Å²) in [6, 6.07) is 19.6. The van der Waals surface area contributed by atoms with Crippen LogP contribution >= 0.6 is 23.2 Å². The Morgan fingerprint density at radius 1 is 0.886 bits per heavy atom. The Morgan fingerprint density at radius 2 is 1.50 bits per heavy atom. The highest BCUT2D eigenvalue weighted by atomic mass is 35.5. The molecule has 4 aromatic rings. The third-order valence-corrected chi connectivity index (χ3v) is 8.48. The fourth-order valence-electron chi connectivity index (χ4n) is 4.04. The molecule has 0 saturated heterocycles. The topological polar surface area (TPSA) is 105 Å². The van der Waals surface area contributed by atoms with Crippen LogP contribution in [0.3, 0.4) is 0 Å². The summed E-state index contributed by atoms with van der Waals surface area (Å²) in [6.07, 6.45) is 0. The molecule has 0 aromatic heterocycles. The van der Waals surface area contributed by atoms with E-state index >= 15 is 0 Å². The van der Waals surface area contributed by atoms with Gasteiger partial charge in [-0.15, -0.1) is 0 Å². The monoisotopic (exact) mass is 661 g/mol. The second kappa shape index (κ2) is 14.5. The minimum atomic E-state index is -3.97. The van der Waals surface area contributed by atoms with E-state index in [4.69, 9.17) is 27.9 Å². The van der Waals surface area contributed by atoms with Crippen molar-refractivity contribution in [3.8, 4) is 5.75 Å². The largest absolute Gasteiger partial charge is 0.484 e. The predicted octanol–water partition coefficient (Wildman–Crippen LogP) is 6.18. The van der Waals surface area contributed by atoms with Crippen LogP contribution in [0.4, 0.5) is 14.5 Å². The number of sulfonamides is 1. The molecule has 4 aromatic carbocycles. The third-order valence-electron chi connectivity index (χ3n) is 6.49. The van der Waals surface area contributed by atoms with Crippen LogP contribution in [0, 0.1) is 11.6 Å². The number of hydrogen-bond donors (Lipinski definition) is 2. The zero-order chi connectivity index (χ0) is 31.9. The molecule has 0 radical (unpaired) electrons. The minimum absolute atomic E-state index is 0.00893. The summed E-state index contributed by atoms with van der Waals surface area (Å²) in [5, 5.41) is 3.59. The highest BCUT2D eigenvalue weighted by Gasteiger charge is 2.27. The van der Waals surface area contributed by atoms with Crippen LogP contribution in [0.1, 0.15) is 18.1 Å². The Balaban J connectivity index is 1.42. The molecule has 2 N–H and O–H groups in total. The van der Waals surface area contributed by atoms with Gasteiger partial charge in [0, 0.05) is 28.8 Å². The Morgan fingerprint density at radius 3 is 2.11 bits per heavy atom. The normalized spacial score (nSPS) is 11.8. The van der Waals surface area contributed by atoms with Crippen LogP contribution < -0.4 is 14.8 Å². The van der Waals surface area contributed by atoms with Crippen molar-refractivity contribution < 1.29 is 31.5 Å². The summed E-state index contributed by atoms with van der Waals surface area (Å²) in [5.74, 6) is -1.75. The van der Waals surface area contributed by atoms with Crippen LogP contribution in [-0.4, -0.2) is 37.8 Å². The molecule has 0 bridgehead atoms. The molecule has 0 heterocycles. The minimum Gasteiger partial charge on any atom is -0.484 e. The molecule has 0 aliphatic rings. The van der Waals surface area contributed by atoms with Crippen molar-refractivity contribution in [2.24, 2.45) is 0 Å². The fourth-order valence-corrected chi connectivity index (χ4v) is 5.57. The van der Waals surface area contributed by atoms with Gasteiger partial charge in [0.25, 0.3) is 15.9 Å². The summed E-state index contributed by atoms with van der Waals surface area (Å²) >= 11 is 12.1. The molecule has 1 atom stereocenters. The van der Waals surface area contributed by atoms with Crippen LogP contribution in [0.5, 0.6) is 5.75 Å². The first-order chi connectivity index (χ1) is 20.9. The molecular weight excluding hydrogens is 635 g/mol. The number of ether oxygens (including phenoxy) is 1. The molecule has 0 spiro atoms. The molecule has 0 aliphatic carbocycles. The first kappa shape index (κ1) is 32.7. The van der Waals surface area contributed by atoms with Gasteiger partial charge in [0.15, 0.2) is 6.61 Å². The van der Waals surface area contributed by atoms with E-state index in [0.717, 1.165) is 12.1 Å². The number of halogens is 4. The van der Waals surface area contributed by atoms with Crippen LogP contribution in [0.25, 0.3) is 0 Å². The molecule has 230 valence electrons. The van der Waals surface area contributed by atoms with E-state index in [-0.39, 0.29) is 29.4 Å². The number of hydrogen-bond acceptors (Lipinski definition) is 5. The van der Waals surface area contributed by atoms with Gasteiger partial charge in [-0.05, 0) is 90.8 Å². The van der Waals surface area contributed by atoms with Gasteiger partial charge >= 0.3 is 0 Å². The average Bonchev–Trinajstić information content (AvgIpc) is 3.00. The molecule has 0 saturated carbocycles. The van der Waals surface area contributed by atoms with Crippen LogP contribution in [0.15, 0.2) is 95.9 Å². The first-order valence-electron chi connectivity index (χ1n) is 13.2. The molecule has 13 heteroatoms. The van der Waals surface area contributed by atoms with Gasteiger partial charge in [-0.2, -0.15) is 0 Å². The fraction of sp³-hybridized carbons (Fsp3) is 0.161. The summed E-state index contributed by atoms with van der Waals surface area (Å²) in [6.45, 7) is 1.17. The highest BCUT2D eigenvalue weighted by Crippen LogP contribution is 2.22. The summed E-state index contributed by atoms with van der Waals surface area (Å²) in [4.78, 5) is 27.6. The van der Waals surface area contributed by atoms with Crippen molar-refractivity contribution in [3.05, 3.63) is 124 Å². The Bertz CT molecular complexity index is 1720. The lowest BCUT2D eigenvalue weighted by atomic mass is 10.1. The van der Waals surface area contributed by atoms with Gasteiger partial charge in [0.1, 0.15) is 23.4 Å². The quantitative estimate of drug-likeness (QED) is 0.189. The first-order valence-corrected chi connectivity index (χ1v) is 15.4. The Labute approximate surface area is 263 Å². The molecular formula is C31H27Cl2F2N3O5S. The lowest BCUT2D eigenvalue weighted by molar-refractivity contribution is -0.142. The maximum atomic E-state index is 13.5. The lowest BCUT2D eigenvalue weighted by Gasteiger charge is -2.29. The molecule has 0 unspecified atom stereocenters. The summed E-state index contributed by atoms with van der Waals surface area (Å²) < 4.78 is 60.0. The Hall–Kier alpha value is -4.19. The zero-order valence-corrected chi connectivity index (χ0v) is 25.6. The van der Waals surface area contributed by atoms with Gasteiger partial charge in [0.2, 0.25) is 5.91 Å². The number of benzene rings is 4. The molecule has 2 amide bonds. The molecule has 0 aliphatic heterocycles. The SMILES string of the molecule is C[C@@H](C(=O)NCc1ccc(Cl)cc1Cl)N(Cc1ccc(F)cc1)C(=O)COc1ccc(S(=O)(=O)Nc2ccc(F)cc2)cc1. The smallest absolute Gasteiger partial charge is 0.261 e. The van der Waals surface area contributed by atoms with E-state index in [9.17, 15) is 26.8 Å². The Kier molecular flexibility index (Phi) is 10.8. The van der Waals surface area contributed by atoms with Crippen molar-refractivity contribution in [2.75, 3.05) is 11.3 Å². The lowest BCUT2D eigenvalue weighted by Crippen LogP contribution is -2.48. The summed E-state index contributed by atoms with van der Waals surface area (Å²) in [7, 11) is -3.97. The molecule has 8 nitrogen and oxygen atoms in total. The van der Waals surface area contributed by atoms with Gasteiger partial charge in [0.05, 0.1) is 4.90 Å². The van der Waals surface area contributed by atoms with E-state index in [2.05, 4.69) is 10.0 Å². The van der Waals surface area contributed by atoms with Crippen molar-refractivity contribution in [1.82, 2.24) is 10.2 Å². The predicted molar refractivity (Wildman–Crippen MR) is 164 cm³/mol. The van der Waals surface area contributed by atoms with Crippen molar-refractivity contribution >= 4 is 50.7 Å². The maximum absolute atomic E-state index is 13.5. The second-order valence-electron chi connectivity index (χ2n) is 9.65. The standard InChI is InChI=1S/C31H27Cl2F2N3O5S/c1-20(31(40)36-17-22-4-5-23(32)16-29(22)33)38(18-21-2-6-24(34)7-3-21)30(39)19-43-27-12-14-28(15-13-27)44(41,42)37-26-10-8-25(35)9-11-26/h2-16,20,37H,17-19H2,1H3,(H,36,40)/t20-/m0/s1. The second-order valence-corrected chi connectivity index (χ2v) is 12.2. The molecule has 0 fully saturated rings. The van der Waals surface area contributed by atoms with E-state index in [1.807, 2.05) is 0 Å². The number of rotatable bonds is 12. The van der Waals surface area contributed by atoms with E-state index in [1.165, 1.54) is 65.6 Å². The highest BCUT2D eigenvalue weighted by molar-refractivity contribution is 7.92. The summed E-state index contributed by atoms with van der Waals surface area (Å²) in [5.41, 5.74) is 1.41. The number of nitrogens with one attached hydrogen (secondary N) is 2. The average molecular weight is 663 g/mol. The molecule has 4 rings (SSSR count). The van der Waals surface area contributed by atoms with Crippen molar-refractivity contribution in [2.45, 2.75) is 31.0 Å². The number of carbonyl (C=O) groups excluding carboxylic acids is 2. The van der Waals surface area contributed by atoms with Gasteiger partial charge < -0.3 is 15.0 Å². The van der Waals surface area contributed by atoms with E-state index in [0.29, 0.717) is 21.2 Å². The zero-order valence-electron chi connectivity index (χ0n) is 23.3. The van der Waals surface area contributed by atoms with Crippen molar-refractivity contribution in [3.63, 3.8) is 0 Å². The maximum Gasteiger partial charge on any atom is 0.261 e. The van der Waals surface area contributed by atoms with E-state index in [1.54, 1.807) is 25.1 Å². The van der Waals surface area contributed by atoms with Crippen LogP contribution in [-0.2, 0) is 32.7 Å². The van der Waals surface area contributed by atoms with Gasteiger partial charge in [-0.3, -0.25) is 14.3 Å². The van der Waals surface area contributed by atoms with Gasteiger partial charge in [-0.1, -0.05) is 41.4 Å². The number of amides is 2. The number of nitrogens with zero attached hydrogens (tertiary/aromatic N) is 1. The number of anilines is 1. The van der Waals surface area contributed by atoms with E-state index < -0.39 is 46.1 Å². The van der Waals surface area contributed by atoms with Gasteiger partial charge in [-0.25, -0.2) is 17.2 Å². The van der Waals surface area contributed by atoms with Crippen LogP contribution in [0.2, 0.25) is 10.0 Å². The van der Waals surface area contributed by atoms with Crippen molar-refractivity contribution in [1.29, 1.82) is 0 Å². The number of carbonyl (C=O) groups is 2.